The molecule has 0 aliphatic rings. The van der Waals surface area contributed by atoms with Gasteiger partial charge in [0.15, 0.2) is 0 Å². The maximum atomic E-state index is 6.58. The fourth-order valence-electron chi connectivity index (χ4n) is 7.41. The maximum absolute atomic E-state index is 6.58. The maximum Gasteiger partial charge on any atom is 0.268 e. The van der Waals surface area contributed by atoms with Gasteiger partial charge in [0.2, 0.25) is 0 Å². The van der Waals surface area contributed by atoms with Crippen molar-refractivity contribution in [3.05, 3.63) is 175 Å². The smallest absolute Gasteiger partial charge is 0.268 e. The monoisotopic (exact) mass is 909 g/mol. The molecule has 9 rings (SSSR count). The minimum atomic E-state index is -0.0173. The predicted octanol–water partition coefficient (Wildman–Crippen LogP) is 11.9. The number of pyridine rings is 1. The van der Waals surface area contributed by atoms with Gasteiger partial charge >= 0.3 is 0 Å². The molecule has 0 saturated heterocycles. The topological polar surface area (TPSA) is 35.9 Å². The summed E-state index contributed by atoms with van der Waals surface area (Å²) in [6.45, 7) is 13.4. The van der Waals surface area contributed by atoms with Gasteiger partial charge in [-0.25, -0.2) is 4.98 Å². The van der Waals surface area contributed by atoms with Crippen molar-refractivity contribution in [1.82, 2.24) is 14.1 Å². The van der Waals surface area contributed by atoms with Gasteiger partial charge in [0, 0.05) is 44.3 Å². The van der Waals surface area contributed by atoms with Gasteiger partial charge in [0.25, 0.3) is 6.33 Å². The molecule has 56 heavy (non-hydrogen) atoms. The first kappa shape index (κ1) is 37.2. The summed E-state index contributed by atoms with van der Waals surface area (Å²) >= 11 is 0. The molecule has 0 unspecified atom stereocenters. The van der Waals surface area contributed by atoms with Gasteiger partial charge in [-0.1, -0.05) is 126 Å². The zero-order chi connectivity index (χ0) is 37.9. The van der Waals surface area contributed by atoms with E-state index in [0.717, 1.165) is 61.2 Å². The number of para-hydroxylation sites is 2. The van der Waals surface area contributed by atoms with E-state index < -0.39 is 0 Å². The van der Waals surface area contributed by atoms with Crippen molar-refractivity contribution in [2.45, 2.75) is 52.4 Å². The summed E-state index contributed by atoms with van der Waals surface area (Å²) in [5.74, 6) is 2.03. The van der Waals surface area contributed by atoms with Crippen molar-refractivity contribution in [1.29, 1.82) is 0 Å². The molecule has 0 aliphatic carbocycles. The van der Waals surface area contributed by atoms with Crippen molar-refractivity contribution in [3.63, 3.8) is 0 Å². The summed E-state index contributed by atoms with van der Waals surface area (Å²) in [4.78, 5) is 4.83. The number of hydrogen-bond donors (Lipinski definition) is 0. The Morgan fingerprint density at radius 2 is 1.30 bits per heavy atom. The third-order valence-electron chi connectivity index (χ3n) is 10.3. The van der Waals surface area contributed by atoms with Crippen LogP contribution in [0.15, 0.2) is 146 Å². The SMILES string of the molecule is CC(C)(C)c1cccc(-[n+]2[c-]n(-c3[c-]c(Oc4[c-]c5c(cc4)c4ccccc4n5-c4cc(C(C)(C)C)ccn4)ccc3)c3cccc(-c4ccccc4)c32)c1.[Pt]. The number of nitrogens with zero attached hydrogens (tertiary/aromatic N) is 4. The normalized spacial score (nSPS) is 12.0. The van der Waals surface area contributed by atoms with E-state index in [1.807, 2.05) is 30.5 Å². The summed E-state index contributed by atoms with van der Waals surface area (Å²) in [6, 6.07) is 55.7. The molecule has 0 spiro atoms. The summed E-state index contributed by atoms with van der Waals surface area (Å²) in [5.41, 5.74) is 10.7. The zero-order valence-electron chi connectivity index (χ0n) is 32.4. The number of ether oxygens (including phenoxy) is 1. The van der Waals surface area contributed by atoms with E-state index in [1.54, 1.807) is 0 Å². The number of hydrogen-bond acceptors (Lipinski definition) is 2. The second-order valence-electron chi connectivity index (χ2n) is 16.2. The van der Waals surface area contributed by atoms with E-state index >= 15 is 0 Å². The first-order valence-corrected chi connectivity index (χ1v) is 18.8. The fraction of sp³-hybridized carbons (Fsp3) is 0.160. The molecule has 0 radical (unpaired) electrons. The van der Waals surface area contributed by atoms with Crippen molar-refractivity contribution in [2.75, 3.05) is 0 Å². The Balaban J connectivity index is 0.00000441. The largest absolute Gasteiger partial charge is 0.510 e. The molecule has 0 N–H and O–H groups in total. The average molecular weight is 910 g/mol. The molecule has 0 fully saturated rings. The molecule has 280 valence electrons. The van der Waals surface area contributed by atoms with E-state index in [2.05, 4.69) is 189 Å². The first-order chi connectivity index (χ1) is 26.5. The molecule has 0 atom stereocenters. The Morgan fingerprint density at radius 3 is 2.11 bits per heavy atom. The number of rotatable bonds is 6. The van der Waals surface area contributed by atoms with Gasteiger partial charge in [-0.15, -0.1) is 29.7 Å². The Bertz CT molecular complexity index is 2870. The van der Waals surface area contributed by atoms with Crippen LogP contribution in [0.1, 0.15) is 52.7 Å². The Morgan fingerprint density at radius 1 is 0.607 bits per heavy atom. The van der Waals surface area contributed by atoms with Crippen LogP contribution in [0.4, 0.5) is 0 Å². The molecule has 6 heteroatoms. The third-order valence-corrected chi connectivity index (χ3v) is 10.3. The summed E-state index contributed by atoms with van der Waals surface area (Å²) in [5, 5.41) is 2.23. The molecule has 3 aromatic heterocycles. The van der Waals surface area contributed by atoms with Crippen LogP contribution in [0.25, 0.3) is 61.2 Å². The fourth-order valence-corrected chi connectivity index (χ4v) is 7.41. The van der Waals surface area contributed by atoms with Gasteiger partial charge in [-0.05, 0) is 74.5 Å². The van der Waals surface area contributed by atoms with Crippen LogP contribution in [0, 0.1) is 18.5 Å². The number of imidazole rings is 1. The van der Waals surface area contributed by atoms with Crippen LogP contribution in [0.2, 0.25) is 0 Å². The van der Waals surface area contributed by atoms with E-state index in [9.17, 15) is 0 Å². The molecule has 9 aromatic rings. The van der Waals surface area contributed by atoms with E-state index in [4.69, 9.17) is 9.72 Å². The van der Waals surface area contributed by atoms with Gasteiger partial charge in [0.05, 0.1) is 16.7 Å². The van der Waals surface area contributed by atoms with Gasteiger partial charge in [-0.2, -0.15) is 18.2 Å². The minimum Gasteiger partial charge on any atom is -0.510 e. The Labute approximate surface area is 343 Å². The zero-order valence-corrected chi connectivity index (χ0v) is 34.6. The van der Waals surface area contributed by atoms with Crippen molar-refractivity contribution >= 4 is 32.8 Å². The van der Waals surface area contributed by atoms with E-state index in [-0.39, 0.29) is 31.9 Å². The average Bonchev–Trinajstić information content (AvgIpc) is 3.74. The molecule has 0 aliphatic heterocycles. The number of aromatic nitrogens is 4. The second-order valence-corrected chi connectivity index (χ2v) is 16.2. The molecular formula is C50H42N4OPt-2. The summed E-state index contributed by atoms with van der Waals surface area (Å²) in [6.07, 6.45) is 5.61. The molecule has 0 bridgehead atoms. The molecule has 6 aromatic carbocycles. The molecular weight excluding hydrogens is 868 g/mol. The second kappa shape index (κ2) is 14.4. The quantitative estimate of drug-likeness (QED) is 0.123. The van der Waals surface area contributed by atoms with Crippen molar-refractivity contribution in [2.24, 2.45) is 0 Å². The van der Waals surface area contributed by atoms with Gasteiger partial charge in [-0.3, -0.25) is 4.57 Å². The van der Waals surface area contributed by atoms with Crippen LogP contribution in [-0.2, 0) is 31.9 Å². The summed E-state index contributed by atoms with van der Waals surface area (Å²) < 4.78 is 13.0. The van der Waals surface area contributed by atoms with Crippen LogP contribution in [-0.4, -0.2) is 14.1 Å². The van der Waals surface area contributed by atoms with Crippen LogP contribution in [0.3, 0.4) is 0 Å². The number of fused-ring (bicyclic) bond motifs is 4. The number of benzene rings is 6. The molecule has 5 nitrogen and oxygen atoms in total. The molecule has 0 saturated carbocycles. The van der Waals surface area contributed by atoms with Gasteiger partial charge < -0.3 is 13.9 Å². The molecule has 3 heterocycles. The molecule has 0 amide bonds. The third kappa shape index (κ3) is 6.75. The minimum absolute atomic E-state index is 0. The van der Waals surface area contributed by atoms with E-state index in [1.165, 1.54) is 11.1 Å². The van der Waals surface area contributed by atoms with Crippen LogP contribution < -0.4 is 9.30 Å². The van der Waals surface area contributed by atoms with E-state index in [0.29, 0.717) is 11.5 Å². The standard InChI is InChI=1S/C50H42N4O.Pt/c1-49(2,3)35-17-12-18-37(29-35)53-33-52(45-24-14-22-41(48(45)53)34-15-8-7-9-16-34)38-19-13-20-39(31-38)55-40-25-26-43-42-21-10-11-23-44(42)54(46(43)32-40)47-30-36(27-28-51-47)50(4,5)6;/h7-30H,1-6H3;/q-2;. The first-order valence-electron chi connectivity index (χ1n) is 18.8. The summed E-state index contributed by atoms with van der Waals surface area (Å²) in [7, 11) is 0. The Hall–Kier alpha value is -5.77. The predicted molar refractivity (Wildman–Crippen MR) is 223 cm³/mol. The Kier molecular flexibility index (Phi) is 9.55. The van der Waals surface area contributed by atoms with Crippen molar-refractivity contribution < 1.29 is 30.4 Å². The van der Waals surface area contributed by atoms with Crippen molar-refractivity contribution in [3.8, 4) is 39.8 Å². The van der Waals surface area contributed by atoms with Crippen LogP contribution >= 0.6 is 0 Å². The van der Waals surface area contributed by atoms with Crippen LogP contribution in [0.5, 0.6) is 11.5 Å². The van der Waals surface area contributed by atoms with Gasteiger partial charge in [0.1, 0.15) is 5.82 Å².